The molecule has 1 aliphatic rings. The van der Waals surface area contributed by atoms with E-state index >= 15 is 4.39 Å². The summed E-state index contributed by atoms with van der Waals surface area (Å²) in [5.41, 5.74) is 4.88. The molecular weight excluding hydrogens is 530 g/mol. The Morgan fingerprint density at radius 1 is 1.34 bits per heavy atom. The molecular formula is C21H24FN6O9P. The van der Waals surface area contributed by atoms with Gasteiger partial charge in [-0.25, -0.2) is 14.0 Å². The van der Waals surface area contributed by atoms with Gasteiger partial charge in [0.15, 0.2) is 24.2 Å². The number of hydrogen-bond donors (Lipinski definition) is 2. The van der Waals surface area contributed by atoms with Crippen molar-refractivity contribution in [3.8, 4) is 11.5 Å². The largest absolute Gasteiger partial charge is 0.575 e. The van der Waals surface area contributed by atoms with Crippen molar-refractivity contribution in [1.29, 1.82) is 0 Å². The fourth-order valence-electron chi connectivity index (χ4n) is 3.35. The third kappa shape index (κ3) is 6.54. The molecule has 1 saturated heterocycles. The zero-order valence-electron chi connectivity index (χ0n) is 20.3. The smallest absolute Gasteiger partial charge is 0.395 e. The van der Waals surface area contributed by atoms with Gasteiger partial charge in [0.25, 0.3) is 5.56 Å². The molecule has 1 aliphatic heterocycles. The summed E-state index contributed by atoms with van der Waals surface area (Å²) in [6.45, 7) is 3.86. The monoisotopic (exact) mass is 554 g/mol. The minimum atomic E-state index is -2.77. The van der Waals surface area contributed by atoms with Gasteiger partial charge in [0.2, 0.25) is 11.5 Å². The number of rotatable bonds is 10. The van der Waals surface area contributed by atoms with Crippen LogP contribution < -0.4 is 25.4 Å². The van der Waals surface area contributed by atoms with E-state index in [2.05, 4.69) is 14.8 Å². The van der Waals surface area contributed by atoms with E-state index in [1.165, 1.54) is 31.2 Å². The number of hydrogen-bond acceptors (Lipinski definition) is 11. The highest BCUT2D eigenvalue weighted by atomic mass is 31.1. The van der Waals surface area contributed by atoms with Crippen molar-refractivity contribution >= 4 is 14.1 Å². The van der Waals surface area contributed by atoms with Gasteiger partial charge in [0.1, 0.15) is 12.7 Å². The minimum absolute atomic E-state index is 0.0917. The second-order valence-corrected chi connectivity index (χ2v) is 9.18. The summed E-state index contributed by atoms with van der Waals surface area (Å²) in [5.74, 6) is -0.902. The third-order valence-corrected chi connectivity index (χ3v) is 6.00. The average molecular weight is 554 g/mol. The predicted molar refractivity (Wildman–Crippen MR) is 127 cm³/mol. The molecule has 3 rings (SSSR count). The highest BCUT2D eigenvalue weighted by Gasteiger charge is 2.57. The van der Waals surface area contributed by atoms with Gasteiger partial charge >= 0.3 is 19.8 Å². The number of alkyl halides is 1. The molecule has 2 aromatic rings. The number of esters is 1. The molecule has 0 saturated carbocycles. The first kappa shape index (κ1) is 28.8. The van der Waals surface area contributed by atoms with Crippen LogP contribution in [0.2, 0.25) is 0 Å². The average Bonchev–Trinajstić information content (AvgIpc) is 3.08. The van der Waals surface area contributed by atoms with Crippen LogP contribution in [0.25, 0.3) is 10.4 Å². The van der Waals surface area contributed by atoms with Crippen LogP contribution in [0, 0.1) is 0 Å². The molecule has 1 unspecified atom stereocenters. The molecule has 38 heavy (non-hydrogen) atoms. The number of nitrogens with one attached hydrogen (secondary N) is 1. The Kier molecular flexibility index (Phi) is 9.20. The van der Waals surface area contributed by atoms with Crippen molar-refractivity contribution in [2.24, 2.45) is 9.86 Å². The van der Waals surface area contributed by atoms with Gasteiger partial charge in [-0.15, -0.1) is 0 Å². The molecule has 1 aromatic heterocycles. The molecule has 17 heteroatoms. The number of benzene rings is 1. The van der Waals surface area contributed by atoms with Crippen LogP contribution in [0.4, 0.5) is 4.39 Å². The Hall–Kier alpha value is -3.81. The normalized spacial score (nSPS) is 24.0. The molecule has 2 heterocycles. The number of nitrogens with zero attached hydrogens (tertiary/aromatic N) is 5. The molecule has 2 N–H and O–H groups in total. The standard InChI is InChI=1S/C21H24FN6O9P/c1-11(2)35-19(31)12(3)25-38(33)37-14-7-5-4-6-13(14)34-10-21(26-27-23)17(22)16(30)18(36-21)28-9-8-15(29)24-20(28)32/h4-9,11-12,16-18,30H,10H2,1-3H3,(H,24,29,32)/t12-,16+,17-,18+,21+/m0/s1. The highest BCUT2D eigenvalue weighted by molar-refractivity contribution is 7.34. The summed E-state index contributed by atoms with van der Waals surface area (Å²) in [6.07, 6.45) is -5.44. The van der Waals surface area contributed by atoms with E-state index in [1.54, 1.807) is 13.8 Å². The maximum absolute atomic E-state index is 15.2. The number of aromatic nitrogens is 2. The lowest BCUT2D eigenvalue weighted by Gasteiger charge is -2.25. The first-order valence-electron chi connectivity index (χ1n) is 11.1. The molecule has 1 fully saturated rings. The van der Waals surface area contributed by atoms with Crippen LogP contribution in [0.1, 0.15) is 27.0 Å². The fourth-order valence-corrected chi connectivity index (χ4v) is 4.10. The lowest BCUT2D eigenvalue weighted by Crippen LogP contribution is -2.43. The predicted octanol–water partition coefficient (Wildman–Crippen LogP) is 1.42. The Morgan fingerprint density at radius 3 is 2.66 bits per heavy atom. The molecule has 15 nitrogen and oxygen atoms in total. The van der Waals surface area contributed by atoms with Crippen molar-refractivity contribution in [2.45, 2.75) is 57.1 Å². The van der Waals surface area contributed by atoms with Gasteiger partial charge in [-0.2, -0.15) is 0 Å². The van der Waals surface area contributed by atoms with Crippen LogP contribution >= 0.6 is 8.17 Å². The first-order valence-corrected chi connectivity index (χ1v) is 12.3. The Labute approximate surface area is 215 Å². The maximum Gasteiger partial charge on any atom is 0.395 e. The number of carbonyl (C=O) groups is 1. The number of H-pyrrole nitrogens is 1. The number of aliphatic hydroxyl groups excluding tert-OH is 1. The van der Waals surface area contributed by atoms with Crippen LogP contribution in [0.3, 0.4) is 0 Å². The van der Waals surface area contributed by atoms with E-state index in [0.717, 1.165) is 16.8 Å². The lowest BCUT2D eigenvalue weighted by atomic mass is 10.1. The highest BCUT2D eigenvalue weighted by Crippen LogP contribution is 2.41. The first-order chi connectivity index (χ1) is 18.0. The quantitative estimate of drug-likeness (QED) is 0.143. The van der Waals surface area contributed by atoms with Gasteiger partial charge < -0.3 is 24.2 Å². The molecule has 0 bridgehead atoms. The topological polar surface area (TPSA) is 213 Å². The summed E-state index contributed by atoms with van der Waals surface area (Å²) in [4.78, 5) is 52.3. The SMILES string of the molecule is CC(C)OC(=O)[C@H](C)/N=[P+](\[O-])Oc1ccccc1OC[C@@]1(N=[N+]=[N-])O[C@@H](n2ccc(=O)[nH]c2=O)[C@H](O)[C@@H]1F. The molecule has 6 atom stereocenters. The summed E-state index contributed by atoms with van der Waals surface area (Å²) < 4.78 is 41.0. The fraction of sp³-hybridized carbons (Fsp3) is 0.476. The van der Waals surface area contributed by atoms with Crippen molar-refractivity contribution in [3.05, 3.63) is 67.8 Å². The van der Waals surface area contributed by atoms with Gasteiger partial charge in [-0.3, -0.25) is 18.9 Å². The zero-order chi connectivity index (χ0) is 28.0. The van der Waals surface area contributed by atoms with Crippen LogP contribution in [0.5, 0.6) is 11.5 Å². The Bertz CT molecular complexity index is 1360. The maximum atomic E-state index is 15.2. The molecule has 0 radical (unpaired) electrons. The summed E-state index contributed by atoms with van der Waals surface area (Å²) in [6, 6.07) is 5.61. The third-order valence-electron chi connectivity index (χ3n) is 5.11. The van der Waals surface area contributed by atoms with E-state index in [-0.39, 0.29) is 11.5 Å². The number of aromatic amines is 1. The van der Waals surface area contributed by atoms with Gasteiger partial charge in [0, 0.05) is 17.2 Å². The molecule has 0 spiro atoms. The van der Waals surface area contributed by atoms with Gasteiger partial charge in [-0.05, 0) is 38.4 Å². The van der Waals surface area contributed by atoms with E-state index in [4.69, 9.17) is 24.3 Å². The number of aliphatic hydroxyl groups is 1. The van der Waals surface area contributed by atoms with Crippen molar-refractivity contribution in [2.75, 3.05) is 6.61 Å². The number of carbonyl (C=O) groups excluding carboxylic acids is 1. The second-order valence-electron chi connectivity index (χ2n) is 8.29. The molecule has 0 amide bonds. The summed E-state index contributed by atoms with van der Waals surface area (Å²) in [7, 11) is -2.77. The lowest BCUT2D eigenvalue weighted by molar-refractivity contribution is -0.170. The molecule has 204 valence electrons. The van der Waals surface area contributed by atoms with Crippen molar-refractivity contribution < 1.29 is 37.9 Å². The molecule has 0 aliphatic carbocycles. The van der Waals surface area contributed by atoms with E-state index in [9.17, 15) is 24.4 Å². The zero-order valence-corrected chi connectivity index (χ0v) is 21.2. The van der Waals surface area contributed by atoms with Gasteiger partial charge in [0.05, 0.1) is 6.10 Å². The summed E-state index contributed by atoms with van der Waals surface area (Å²) in [5, 5.41) is 13.8. The van der Waals surface area contributed by atoms with E-state index in [0.29, 0.717) is 0 Å². The van der Waals surface area contributed by atoms with Crippen molar-refractivity contribution in [3.63, 3.8) is 0 Å². The molecule has 1 aromatic carbocycles. The number of halogens is 1. The number of para-hydroxylation sites is 2. The summed E-state index contributed by atoms with van der Waals surface area (Å²) >= 11 is 0. The van der Waals surface area contributed by atoms with E-state index < -0.39 is 68.4 Å². The van der Waals surface area contributed by atoms with Crippen LogP contribution in [-0.2, 0) is 14.3 Å². The Balaban J connectivity index is 1.81. The van der Waals surface area contributed by atoms with Crippen LogP contribution in [-0.4, -0.2) is 57.4 Å². The van der Waals surface area contributed by atoms with Crippen LogP contribution in [0.15, 0.2) is 56.0 Å². The second kappa shape index (κ2) is 12.2. The van der Waals surface area contributed by atoms with E-state index in [1.807, 2.05) is 4.98 Å². The number of azide groups is 1. The Morgan fingerprint density at radius 2 is 2.03 bits per heavy atom. The van der Waals surface area contributed by atoms with Gasteiger partial charge in [-0.1, -0.05) is 22.0 Å². The van der Waals surface area contributed by atoms with Crippen molar-refractivity contribution in [1.82, 2.24) is 9.55 Å². The minimum Gasteiger partial charge on any atom is -0.575 e. The number of ether oxygens (including phenoxy) is 3.